The number of nitrogens with two attached hydrogens (primary N) is 1. The van der Waals surface area contributed by atoms with Crippen LogP contribution in [0.15, 0.2) is 0 Å². The van der Waals surface area contributed by atoms with Gasteiger partial charge in [-0.05, 0) is 39.0 Å². The first-order chi connectivity index (χ1) is 9.70. The second kappa shape index (κ2) is 4.58. The van der Waals surface area contributed by atoms with Gasteiger partial charge < -0.3 is 11.1 Å². The maximum Gasteiger partial charge on any atom is 0.136 e. The molecular weight excluding hydrogens is 250 g/mol. The second-order valence-corrected chi connectivity index (χ2v) is 6.57. The molecule has 5 heteroatoms. The molecule has 2 aliphatic carbocycles. The summed E-state index contributed by atoms with van der Waals surface area (Å²) < 4.78 is 0. The molecule has 1 atom stereocenters. The van der Waals surface area contributed by atoms with Gasteiger partial charge in [0.05, 0.1) is 0 Å². The van der Waals surface area contributed by atoms with Crippen LogP contribution in [0.3, 0.4) is 0 Å². The summed E-state index contributed by atoms with van der Waals surface area (Å²) in [6.45, 7) is 4.38. The van der Waals surface area contributed by atoms with Gasteiger partial charge in [0.25, 0.3) is 0 Å². The Kier molecular flexibility index (Phi) is 2.84. The van der Waals surface area contributed by atoms with Crippen LogP contribution in [0.25, 0.3) is 0 Å². The van der Waals surface area contributed by atoms with Crippen LogP contribution in [0.4, 0.5) is 11.6 Å². The van der Waals surface area contributed by atoms with Crippen LogP contribution in [-0.4, -0.2) is 40.0 Å². The summed E-state index contributed by atoms with van der Waals surface area (Å²) in [5.41, 5.74) is 7.04. The molecule has 0 aromatic carbocycles. The summed E-state index contributed by atoms with van der Waals surface area (Å²) in [5, 5.41) is 3.61. The normalized spacial score (nSPS) is 26.9. The van der Waals surface area contributed by atoms with Gasteiger partial charge in [-0.2, -0.15) is 0 Å². The molecule has 2 saturated carbocycles. The minimum atomic E-state index is 0.510. The van der Waals surface area contributed by atoms with Gasteiger partial charge in [-0.25, -0.2) is 9.97 Å². The molecule has 3 aliphatic rings. The lowest BCUT2D eigenvalue weighted by atomic mass is 10.2. The highest BCUT2D eigenvalue weighted by atomic mass is 15.2. The van der Waals surface area contributed by atoms with E-state index in [4.69, 9.17) is 10.7 Å². The minimum absolute atomic E-state index is 0.510. The maximum absolute atomic E-state index is 6.05. The number of nitrogens with zero attached hydrogens (tertiary/aromatic N) is 3. The lowest BCUT2D eigenvalue weighted by Crippen LogP contribution is -2.28. The van der Waals surface area contributed by atoms with E-state index in [1.165, 1.54) is 38.6 Å². The molecule has 0 amide bonds. The first-order valence-corrected chi connectivity index (χ1v) is 7.85. The lowest BCUT2D eigenvalue weighted by molar-refractivity contribution is 0.326. The van der Waals surface area contributed by atoms with Crippen LogP contribution in [0.2, 0.25) is 0 Å². The van der Waals surface area contributed by atoms with Crippen LogP contribution < -0.4 is 11.1 Å². The predicted molar refractivity (Wildman–Crippen MR) is 79.8 cm³/mol. The van der Waals surface area contributed by atoms with Gasteiger partial charge >= 0.3 is 0 Å². The molecule has 0 bridgehead atoms. The Morgan fingerprint density at radius 1 is 1.15 bits per heavy atom. The largest absolute Gasteiger partial charge is 0.383 e. The van der Waals surface area contributed by atoms with Crippen molar-refractivity contribution >= 4 is 11.6 Å². The third-order valence-corrected chi connectivity index (χ3v) is 4.77. The van der Waals surface area contributed by atoms with Crippen molar-refractivity contribution in [3.63, 3.8) is 0 Å². The highest BCUT2D eigenvalue weighted by Crippen LogP contribution is 2.39. The van der Waals surface area contributed by atoms with Crippen molar-refractivity contribution in [2.45, 2.75) is 57.0 Å². The average Bonchev–Trinajstić information content (AvgIpc) is 3.33. The zero-order valence-electron chi connectivity index (χ0n) is 12.1. The van der Waals surface area contributed by atoms with Gasteiger partial charge in [0.1, 0.15) is 17.5 Å². The Morgan fingerprint density at radius 3 is 2.65 bits per heavy atom. The van der Waals surface area contributed by atoms with Crippen molar-refractivity contribution in [2.24, 2.45) is 0 Å². The summed E-state index contributed by atoms with van der Waals surface area (Å²) in [6, 6.07) is 1.37. The van der Waals surface area contributed by atoms with E-state index in [0.717, 1.165) is 29.8 Å². The molecule has 1 unspecified atom stereocenters. The molecule has 3 fully saturated rings. The SMILES string of the molecule is Cc1c(N)nc(C2CC2)nc1NC1CCN(C2CC2)C1. The molecule has 5 nitrogen and oxygen atoms in total. The van der Waals surface area contributed by atoms with Gasteiger partial charge in [-0.3, -0.25) is 4.90 Å². The summed E-state index contributed by atoms with van der Waals surface area (Å²) in [4.78, 5) is 11.8. The number of hydrogen-bond donors (Lipinski definition) is 2. The Balaban J connectivity index is 1.49. The number of rotatable bonds is 4. The lowest BCUT2D eigenvalue weighted by Gasteiger charge is -2.18. The maximum atomic E-state index is 6.05. The van der Waals surface area contributed by atoms with E-state index in [2.05, 4.69) is 15.2 Å². The minimum Gasteiger partial charge on any atom is -0.383 e. The molecule has 1 aromatic heterocycles. The van der Waals surface area contributed by atoms with E-state index in [9.17, 15) is 0 Å². The Bertz CT molecular complexity index is 521. The average molecular weight is 273 g/mol. The quantitative estimate of drug-likeness (QED) is 0.877. The summed E-state index contributed by atoms with van der Waals surface area (Å²) >= 11 is 0. The number of anilines is 2. The van der Waals surface area contributed by atoms with E-state index >= 15 is 0 Å². The third-order valence-electron chi connectivity index (χ3n) is 4.77. The van der Waals surface area contributed by atoms with Gasteiger partial charge in [0.15, 0.2) is 0 Å². The van der Waals surface area contributed by atoms with Gasteiger partial charge in [0, 0.05) is 36.7 Å². The summed E-state index contributed by atoms with van der Waals surface area (Å²) in [5.74, 6) is 3.08. The summed E-state index contributed by atoms with van der Waals surface area (Å²) in [6.07, 6.45) is 6.40. The topological polar surface area (TPSA) is 67.1 Å². The van der Waals surface area contributed by atoms with E-state index < -0.39 is 0 Å². The molecule has 1 aromatic rings. The Labute approximate surface area is 120 Å². The molecule has 108 valence electrons. The van der Waals surface area contributed by atoms with Crippen molar-refractivity contribution in [1.82, 2.24) is 14.9 Å². The van der Waals surface area contributed by atoms with Crippen LogP contribution in [0, 0.1) is 6.92 Å². The first-order valence-electron chi connectivity index (χ1n) is 7.85. The standard InChI is InChI=1S/C15H23N5/c1-9-13(16)18-15(10-2-3-10)19-14(9)17-11-6-7-20(8-11)12-4-5-12/h10-12H,2-8H2,1H3,(H3,16,17,18,19). The number of hydrogen-bond acceptors (Lipinski definition) is 5. The molecule has 3 N–H and O–H groups in total. The number of nitrogen functional groups attached to an aromatic ring is 1. The molecular formula is C15H23N5. The van der Waals surface area contributed by atoms with Crippen molar-refractivity contribution in [3.8, 4) is 0 Å². The number of aromatic nitrogens is 2. The zero-order valence-corrected chi connectivity index (χ0v) is 12.1. The molecule has 1 saturated heterocycles. The fourth-order valence-electron chi connectivity index (χ4n) is 3.09. The number of nitrogens with one attached hydrogen (secondary N) is 1. The fourth-order valence-corrected chi connectivity index (χ4v) is 3.09. The second-order valence-electron chi connectivity index (χ2n) is 6.57. The van der Waals surface area contributed by atoms with Crippen LogP contribution >= 0.6 is 0 Å². The molecule has 0 radical (unpaired) electrons. The monoisotopic (exact) mass is 273 g/mol. The first kappa shape index (κ1) is 12.4. The van der Waals surface area contributed by atoms with Crippen LogP contribution in [-0.2, 0) is 0 Å². The van der Waals surface area contributed by atoms with Crippen LogP contribution in [0.1, 0.15) is 49.4 Å². The highest BCUT2D eigenvalue weighted by Gasteiger charge is 2.35. The zero-order chi connectivity index (χ0) is 13.7. The Hall–Kier alpha value is -1.36. The van der Waals surface area contributed by atoms with Crippen molar-refractivity contribution in [1.29, 1.82) is 0 Å². The molecule has 0 spiro atoms. The van der Waals surface area contributed by atoms with Crippen molar-refractivity contribution in [3.05, 3.63) is 11.4 Å². The van der Waals surface area contributed by atoms with Crippen molar-refractivity contribution in [2.75, 3.05) is 24.1 Å². The van der Waals surface area contributed by atoms with E-state index in [1.54, 1.807) is 0 Å². The summed E-state index contributed by atoms with van der Waals surface area (Å²) in [7, 11) is 0. The molecule has 1 aliphatic heterocycles. The van der Waals surface area contributed by atoms with E-state index in [0.29, 0.717) is 17.8 Å². The van der Waals surface area contributed by atoms with Crippen molar-refractivity contribution < 1.29 is 0 Å². The van der Waals surface area contributed by atoms with E-state index in [-0.39, 0.29) is 0 Å². The predicted octanol–water partition coefficient (Wildman–Crippen LogP) is 1.89. The molecule has 4 rings (SSSR count). The fraction of sp³-hybridized carbons (Fsp3) is 0.733. The molecule has 20 heavy (non-hydrogen) atoms. The van der Waals surface area contributed by atoms with Gasteiger partial charge in [-0.1, -0.05) is 0 Å². The van der Waals surface area contributed by atoms with Crippen LogP contribution in [0.5, 0.6) is 0 Å². The number of likely N-dealkylation sites (tertiary alicyclic amines) is 1. The van der Waals surface area contributed by atoms with E-state index in [1.807, 2.05) is 6.92 Å². The smallest absolute Gasteiger partial charge is 0.136 e. The van der Waals surface area contributed by atoms with Gasteiger partial charge in [-0.15, -0.1) is 0 Å². The third kappa shape index (κ3) is 2.35. The molecule has 2 heterocycles. The highest BCUT2D eigenvalue weighted by molar-refractivity contribution is 5.55. The Morgan fingerprint density at radius 2 is 1.95 bits per heavy atom. The van der Waals surface area contributed by atoms with Gasteiger partial charge in [0.2, 0.25) is 0 Å².